The molecule has 0 aliphatic carbocycles. The van der Waals surface area contributed by atoms with E-state index in [4.69, 9.17) is 18.9 Å². The Balaban J connectivity index is 1.87. The summed E-state index contributed by atoms with van der Waals surface area (Å²) in [5, 5.41) is 0. The zero-order chi connectivity index (χ0) is 30.6. The number of benzene rings is 3. The Hall–Kier alpha value is -4.37. The van der Waals surface area contributed by atoms with Gasteiger partial charge in [-0.25, -0.2) is 4.79 Å². The molecule has 3 aromatic carbocycles. The second-order valence-corrected chi connectivity index (χ2v) is 10.8. The van der Waals surface area contributed by atoms with E-state index in [1.165, 1.54) is 4.90 Å². The molecule has 0 aliphatic heterocycles. The molecule has 0 saturated heterocycles. The maximum absolute atomic E-state index is 13.9. The van der Waals surface area contributed by atoms with Gasteiger partial charge in [-0.3, -0.25) is 9.36 Å². The van der Waals surface area contributed by atoms with Gasteiger partial charge in [0.25, 0.3) is 5.91 Å². The first kappa shape index (κ1) is 31.6. The Morgan fingerprint density at radius 2 is 1.33 bits per heavy atom. The summed E-state index contributed by atoms with van der Waals surface area (Å²) < 4.78 is 25.7. The average Bonchev–Trinajstić information content (AvgIpc) is 3.36. The highest BCUT2D eigenvalue weighted by atomic mass is 32.2. The molecule has 4 rings (SSSR count). The summed E-state index contributed by atoms with van der Waals surface area (Å²) in [4.78, 5) is 28.9. The molecule has 0 bridgehead atoms. The van der Waals surface area contributed by atoms with Gasteiger partial charge in [0.2, 0.25) is 0 Å². The van der Waals surface area contributed by atoms with Gasteiger partial charge in [-0.2, -0.15) is 11.8 Å². The molecule has 1 amide bonds. The van der Waals surface area contributed by atoms with Crippen LogP contribution in [0.1, 0.15) is 45.4 Å². The van der Waals surface area contributed by atoms with E-state index in [2.05, 4.69) is 6.26 Å². The third-order valence-electron chi connectivity index (χ3n) is 6.47. The first-order valence-corrected chi connectivity index (χ1v) is 15.6. The number of thioether (sulfide) groups is 1. The fourth-order valence-electron chi connectivity index (χ4n) is 4.39. The Morgan fingerprint density at radius 3 is 1.84 bits per heavy atom. The summed E-state index contributed by atoms with van der Waals surface area (Å²) >= 11 is 1.77. The van der Waals surface area contributed by atoms with Gasteiger partial charge in [-0.1, -0.05) is 60.7 Å². The molecule has 9 heteroatoms. The van der Waals surface area contributed by atoms with Crippen molar-refractivity contribution in [1.82, 2.24) is 9.47 Å². The Labute approximate surface area is 257 Å². The highest BCUT2D eigenvalue weighted by Crippen LogP contribution is 2.42. The van der Waals surface area contributed by atoms with Crippen LogP contribution in [0.5, 0.6) is 17.2 Å². The van der Waals surface area contributed by atoms with Crippen LogP contribution in [-0.2, 0) is 18.0 Å². The molecule has 0 atom stereocenters. The predicted octanol–water partition coefficient (Wildman–Crippen LogP) is 6.65. The van der Waals surface area contributed by atoms with Crippen LogP contribution < -0.4 is 14.2 Å². The van der Waals surface area contributed by atoms with Crippen molar-refractivity contribution in [2.24, 2.45) is 0 Å². The lowest BCUT2D eigenvalue weighted by Crippen LogP contribution is -2.26. The zero-order valence-corrected chi connectivity index (χ0v) is 25.9. The van der Waals surface area contributed by atoms with E-state index in [1.54, 1.807) is 49.5 Å². The molecule has 226 valence electrons. The number of ether oxygens (including phenoxy) is 4. The first-order chi connectivity index (χ1) is 20.9. The van der Waals surface area contributed by atoms with Crippen molar-refractivity contribution in [2.45, 2.75) is 26.6 Å². The largest absolute Gasteiger partial charge is 0.494 e. The van der Waals surface area contributed by atoms with Crippen LogP contribution in [0.2, 0.25) is 0 Å². The Kier molecular flexibility index (Phi) is 11.6. The van der Waals surface area contributed by atoms with E-state index in [0.29, 0.717) is 18.0 Å². The molecule has 1 aromatic heterocycles. The highest BCUT2D eigenvalue weighted by molar-refractivity contribution is 7.98. The number of esters is 1. The molecule has 0 spiro atoms. The summed E-state index contributed by atoms with van der Waals surface area (Å²) in [6, 6.07) is 26.5. The van der Waals surface area contributed by atoms with E-state index in [0.717, 1.165) is 23.3 Å². The maximum Gasteiger partial charge on any atom is 0.359 e. The topological polar surface area (TPSA) is 79.2 Å². The van der Waals surface area contributed by atoms with E-state index in [9.17, 15) is 9.59 Å². The molecular weight excluding hydrogens is 564 g/mol. The van der Waals surface area contributed by atoms with Crippen molar-refractivity contribution in [3.05, 3.63) is 107 Å². The lowest BCUT2D eigenvalue weighted by Gasteiger charge is -2.17. The van der Waals surface area contributed by atoms with Crippen LogP contribution >= 0.6 is 11.8 Å². The third-order valence-corrected chi connectivity index (χ3v) is 7.17. The predicted molar refractivity (Wildman–Crippen MR) is 170 cm³/mol. The van der Waals surface area contributed by atoms with E-state index >= 15 is 0 Å². The van der Waals surface area contributed by atoms with Gasteiger partial charge in [0.1, 0.15) is 19.0 Å². The first-order valence-electron chi connectivity index (χ1n) is 14.2. The Bertz CT molecular complexity index is 1470. The van der Waals surface area contributed by atoms with Gasteiger partial charge < -0.3 is 23.8 Å². The molecule has 0 saturated carbocycles. The second kappa shape index (κ2) is 15.7. The lowest BCUT2D eigenvalue weighted by molar-refractivity contribution is 0.0511. The molecule has 0 N–H and O–H groups in total. The van der Waals surface area contributed by atoms with Crippen LogP contribution in [0.4, 0.5) is 0 Å². The van der Waals surface area contributed by atoms with Gasteiger partial charge in [0.15, 0.2) is 22.9 Å². The summed E-state index contributed by atoms with van der Waals surface area (Å²) in [5.41, 5.74) is 2.57. The monoisotopic (exact) mass is 602 g/mol. The SMILES string of the molecule is CCOC(=O)c1c(OCc2ccccc2)c(OCc2ccccc2)c(C(=O)N(C)C)n1-c1ccc(OCCCSC)cc1. The minimum atomic E-state index is -0.634. The van der Waals surface area contributed by atoms with Gasteiger partial charge in [0, 0.05) is 19.8 Å². The summed E-state index contributed by atoms with van der Waals surface area (Å²) in [6.07, 6.45) is 2.99. The Morgan fingerprint density at radius 1 is 0.767 bits per heavy atom. The lowest BCUT2D eigenvalue weighted by atomic mass is 10.2. The van der Waals surface area contributed by atoms with Gasteiger partial charge in [0.05, 0.1) is 13.2 Å². The van der Waals surface area contributed by atoms with Gasteiger partial charge in [-0.15, -0.1) is 0 Å². The van der Waals surface area contributed by atoms with Crippen LogP contribution in [-0.4, -0.2) is 60.7 Å². The summed E-state index contributed by atoms with van der Waals surface area (Å²) in [7, 11) is 3.31. The van der Waals surface area contributed by atoms with Gasteiger partial charge >= 0.3 is 5.97 Å². The van der Waals surface area contributed by atoms with Crippen LogP contribution in [0.15, 0.2) is 84.9 Å². The minimum Gasteiger partial charge on any atom is -0.494 e. The third kappa shape index (κ3) is 8.14. The van der Waals surface area contributed by atoms with Crippen LogP contribution in [0.3, 0.4) is 0 Å². The number of hydrogen-bond donors (Lipinski definition) is 0. The molecule has 4 aromatic rings. The molecule has 8 nitrogen and oxygen atoms in total. The summed E-state index contributed by atoms with van der Waals surface area (Å²) in [6.45, 7) is 2.78. The molecule has 1 heterocycles. The number of amides is 1. The summed E-state index contributed by atoms with van der Waals surface area (Å²) in [5.74, 6) is 1.01. The fourth-order valence-corrected chi connectivity index (χ4v) is 4.79. The van der Waals surface area contributed by atoms with Crippen LogP contribution in [0, 0.1) is 0 Å². The van der Waals surface area contributed by atoms with Crippen molar-refractivity contribution in [3.63, 3.8) is 0 Å². The molecule has 0 radical (unpaired) electrons. The molecule has 0 unspecified atom stereocenters. The van der Waals surface area contributed by atoms with Crippen molar-refractivity contribution in [3.8, 4) is 22.9 Å². The van der Waals surface area contributed by atoms with Crippen molar-refractivity contribution >= 4 is 23.6 Å². The maximum atomic E-state index is 13.9. The molecular formula is C34H38N2O6S. The normalized spacial score (nSPS) is 10.7. The number of hydrogen-bond acceptors (Lipinski definition) is 7. The number of carbonyl (C=O) groups excluding carboxylic acids is 2. The number of nitrogens with zero attached hydrogens (tertiary/aromatic N) is 2. The number of rotatable bonds is 15. The minimum absolute atomic E-state index is 0.0691. The fraction of sp³-hybridized carbons (Fsp3) is 0.294. The molecule has 43 heavy (non-hydrogen) atoms. The van der Waals surface area contributed by atoms with E-state index in [1.807, 2.05) is 72.8 Å². The smallest absolute Gasteiger partial charge is 0.359 e. The van der Waals surface area contributed by atoms with Crippen molar-refractivity contribution in [1.29, 1.82) is 0 Å². The van der Waals surface area contributed by atoms with Crippen molar-refractivity contribution < 1.29 is 28.5 Å². The number of carbonyl (C=O) groups is 2. The van der Waals surface area contributed by atoms with Crippen molar-refractivity contribution in [2.75, 3.05) is 39.3 Å². The quantitative estimate of drug-likeness (QED) is 0.111. The standard InChI is InChI=1S/C34H38N2O6S/c1-5-39-34(38)30-32(42-24-26-15-10-7-11-16-26)31(41-23-25-13-8-6-9-14-25)29(33(37)35(2)3)36(30)27-17-19-28(20-18-27)40-21-12-22-43-4/h6-11,13-20H,5,12,21-24H2,1-4H3. The molecule has 0 aliphatic rings. The van der Waals surface area contributed by atoms with Crippen LogP contribution in [0.25, 0.3) is 5.69 Å². The molecule has 0 fully saturated rings. The van der Waals surface area contributed by atoms with E-state index in [-0.39, 0.29) is 48.6 Å². The number of aromatic nitrogens is 1. The van der Waals surface area contributed by atoms with E-state index < -0.39 is 5.97 Å². The zero-order valence-electron chi connectivity index (χ0n) is 25.1. The van der Waals surface area contributed by atoms with Gasteiger partial charge in [-0.05, 0) is 60.7 Å². The second-order valence-electron chi connectivity index (χ2n) is 9.85. The average molecular weight is 603 g/mol. The highest BCUT2D eigenvalue weighted by Gasteiger charge is 2.36.